The zero-order valence-corrected chi connectivity index (χ0v) is 13.2. The Kier molecular flexibility index (Phi) is 4.64. The molecule has 1 fully saturated rings. The van der Waals surface area contributed by atoms with Crippen LogP contribution in [0.4, 0.5) is 20.2 Å². The van der Waals surface area contributed by atoms with E-state index in [9.17, 15) is 13.6 Å². The molecule has 1 aliphatic rings. The van der Waals surface area contributed by atoms with Crippen LogP contribution in [0.2, 0.25) is 0 Å². The van der Waals surface area contributed by atoms with Crippen LogP contribution in [0.15, 0.2) is 42.5 Å². The smallest absolute Gasteiger partial charge is 0.227 e. The number of hydrogen-bond acceptors (Lipinski definition) is 3. The summed E-state index contributed by atoms with van der Waals surface area (Å²) in [6, 6.07) is 10.6. The zero-order chi connectivity index (χ0) is 17.1. The van der Waals surface area contributed by atoms with Crippen molar-refractivity contribution < 1.29 is 13.6 Å². The Balaban J connectivity index is 1.59. The fourth-order valence-electron chi connectivity index (χ4n) is 2.85. The highest BCUT2D eigenvalue weighted by Gasteiger charge is 2.23. The lowest BCUT2D eigenvalue weighted by atomic mass is 10.1. The number of halogens is 2. The van der Waals surface area contributed by atoms with Gasteiger partial charge < -0.3 is 15.5 Å². The number of nitrogens with two attached hydrogens (primary N) is 1. The molecule has 6 heteroatoms. The first-order chi connectivity index (χ1) is 11.5. The van der Waals surface area contributed by atoms with E-state index in [1.807, 2.05) is 12.1 Å². The second kappa shape index (κ2) is 6.86. The van der Waals surface area contributed by atoms with Gasteiger partial charge in [-0.2, -0.15) is 0 Å². The van der Waals surface area contributed by atoms with Crippen LogP contribution in [-0.4, -0.2) is 37.0 Å². The van der Waals surface area contributed by atoms with Gasteiger partial charge in [-0.1, -0.05) is 12.1 Å². The number of rotatable bonds is 3. The second-order valence-corrected chi connectivity index (χ2v) is 5.88. The maximum atomic E-state index is 13.8. The first-order valence-corrected chi connectivity index (χ1v) is 7.85. The van der Waals surface area contributed by atoms with Gasteiger partial charge in [0, 0.05) is 37.9 Å². The maximum Gasteiger partial charge on any atom is 0.227 e. The number of anilines is 2. The lowest BCUT2D eigenvalue weighted by Crippen LogP contribution is -2.49. The van der Waals surface area contributed by atoms with Gasteiger partial charge >= 0.3 is 0 Å². The van der Waals surface area contributed by atoms with Crippen molar-refractivity contribution in [1.82, 2.24) is 4.90 Å². The van der Waals surface area contributed by atoms with Crippen molar-refractivity contribution in [3.63, 3.8) is 0 Å². The lowest BCUT2D eigenvalue weighted by Gasteiger charge is -2.36. The number of amides is 1. The molecule has 0 aliphatic carbocycles. The molecule has 2 aromatic rings. The van der Waals surface area contributed by atoms with Crippen LogP contribution in [-0.2, 0) is 11.2 Å². The van der Waals surface area contributed by atoms with Crippen LogP contribution in [0.1, 0.15) is 5.56 Å². The predicted molar refractivity (Wildman–Crippen MR) is 89.7 cm³/mol. The molecule has 24 heavy (non-hydrogen) atoms. The SMILES string of the molecule is Nc1ccc(CC(=O)N2CCN(c3cc(F)ccc3F)CC2)cc1. The highest BCUT2D eigenvalue weighted by Crippen LogP contribution is 2.22. The van der Waals surface area contributed by atoms with Gasteiger partial charge in [-0.05, 0) is 29.8 Å². The molecule has 0 saturated carbocycles. The zero-order valence-electron chi connectivity index (χ0n) is 13.2. The summed E-state index contributed by atoms with van der Waals surface area (Å²) >= 11 is 0. The molecule has 126 valence electrons. The molecule has 1 aliphatic heterocycles. The minimum atomic E-state index is -0.465. The molecule has 0 aromatic heterocycles. The molecule has 4 nitrogen and oxygen atoms in total. The van der Waals surface area contributed by atoms with Gasteiger partial charge in [0.15, 0.2) is 0 Å². The largest absolute Gasteiger partial charge is 0.399 e. The molecule has 2 aromatic carbocycles. The van der Waals surface area contributed by atoms with E-state index in [-0.39, 0.29) is 11.6 Å². The number of hydrogen-bond donors (Lipinski definition) is 1. The number of nitrogens with zero attached hydrogens (tertiary/aromatic N) is 2. The summed E-state index contributed by atoms with van der Waals surface area (Å²) < 4.78 is 27.1. The van der Waals surface area contributed by atoms with Crippen molar-refractivity contribution in [3.05, 3.63) is 59.7 Å². The van der Waals surface area contributed by atoms with E-state index in [0.717, 1.165) is 17.7 Å². The first-order valence-electron chi connectivity index (χ1n) is 7.85. The molecule has 0 bridgehead atoms. The minimum Gasteiger partial charge on any atom is -0.399 e. The van der Waals surface area contributed by atoms with Gasteiger partial charge in [-0.15, -0.1) is 0 Å². The lowest BCUT2D eigenvalue weighted by molar-refractivity contribution is -0.130. The molecule has 0 unspecified atom stereocenters. The Morgan fingerprint density at radius 3 is 2.33 bits per heavy atom. The Labute approximate surface area is 139 Å². The van der Waals surface area contributed by atoms with Crippen LogP contribution >= 0.6 is 0 Å². The summed E-state index contributed by atoms with van der Waals surface area (Å²) in [7, 11) is 0. The van der Waals surface area contributed by atoms with Gasteiger partial charge in [0.1, 0.15) is 11.6 Å². The molecule has 1 saturated heterocycles. The topological polar surface area (TPSA) is 49.6 Å². The normalized spacial score (nSPS) is 14.8. The van der Waals surface area contributed by atoms with Crippen LogP contribution in [0, 0.1) is 11.6 Å². The third-order valence-electron chi connectivity index (χ3n) is 4.22. The Morgan fingerprint density at radius 2 is 1.67 bits per heavy atom. The molecule has 0 spiro atoms. The fourth-order valence-corrected chi connectivity index (χ4v) is 2.85. The summed E-state index contributed by atoms with van der Waals surface area (Å²) in [6.45, 7) is 1.94. The summed E-state index contributed by atoms with van der Waals surface area (Å²) in [4.78, 5) is 15.9. The Morgan fingerprint density at radius 1 is 1.00 bits per heavy atom. The van der Waals surface area contributed by atoms with Gasteiger partial charge in [-0.25, -0.2) is 8.78 Å². The van der Waals surface area contributed by atoms with Gasteiger partial charge in [0.2, 0.25) is 5.91 Å². The quantitative estimate of drug-likeness (QED) is 0.879. The van der Waals surface area contributed by atoms with E-state index in [1.54, 1.807) is 21.9 Å². The average Bonchev–Trinajstić information content (AvgIpc) is 2.59. The van der Waals surface area contributed by atoms with E-state index in [1.165, 1.54) is 6.07 Å². The Hall–Kier alpha value is -2.63. The number of carbonyl (C=O) groups is 1. The second-order valence-electron chi connectivity index (χ2n) is 5.88. The van der Waals surface area contributed by atoms with Crippen LogP contribution in [0.5, 0.6) is 0 Å². The molecule has 1 heterocycles. The molecule has 0 radical (unpaired) electrons. The number of piperazine rings is 1. The number of carbonyl (C=O) groups excluding carboxylic acids is 1. The van der Waals surface area contributed by atoms with E-state index in [0.29, 0.717) is 38.3 Å². The van der Waals surface area contributed by atoms with Crippen LogP contribution < -0.4 is 10.6 Å². The number of nitrogen functional groups attached to an aromatic ring is 1. The fraction of sp³-hybridized carbons (Fsp3) is 0.278. The highest BCUT2D eigenvalue weighted by molar-refractivity contribution is 5.79. The molecule has 0 atom stereocenters. The van der Waals surface area contributed by atoms with Gasteiger partial charge in [0.05, 0.1) is 12.1 Å². The maximum absolute atomic E-state index is 13.8. The van der Waals surface area contributed by atoms with Crippen LogP contribution in [0.25, 0.3) is 0 Å². The van der Waals surface area contributed by atoms with Crippen molar-refractivity contribution in [1.29, 1.82) is 0 Å². The predicted octanol–water partition coefficient (Wildman–Crippen LogP) is 2.44. The summed E-state index contributed by atoms with van der Waals surface area (Å²) in [5.74, 6) is -0.884. The van der Waals surface area contributed by atoms with Crippen molar-refractivity contribution in [2.24, 2.45) is 0 Å². The molecule has 3 rings (SSSR count). The van der Waals surface area contributed by atoms with Crippen molar-refractivity contribution in [2.45, 2.75) is 6.42 Å². The van der Waals surface area contributed by atoms with Crippen LogP contribution in [0.3, 0.4) is 0 Å². The molecule has 2 N–H and O–H groups in total. The highest BCUT2D eigenvalue weighted by atomic mass is 19.1. The van der Waals surface area contributed by atoms with Crippen molar-refractivity contribution in [3.8, 4) is 0 Å². The third-order valence-corrected chi connectivity index (χ3v) is 4.22. The van der Waals surface area contributed by atoms with E-state index in [2.05, 4.69) is 0 Å². The number of benzene rings is 2. The summed E-state index contributed by atoms with van der Waals surface area (Å²) in [6.07, 6.45) is 0.314. The third kappa shape index (κ3) is 3.64. The molecular weight excluding hydrogens is 312 g/mol. The van der Waals surface area contributed by atoms with Crippen molar-refractivity contribution >= 4 is 17.3 Å². The molecular formula is C18H19F2N3O. The first kappa shape index (κ1) is 16.2. The van der Waals surface area contributed by atoms with E-state index in [4.69, 9.17) is 5.73 Å². The average molecular weight is 331 g/mol. The summed E-state index contributed by atoms with van der Waals surface area (Å²) in [5, 5.41) is 0. The van der Waals surface area contributed by atoms with E-state index < -0.39 is 11.6 Å². The van der Waals surface area contributed by atoms with E-state index >= 15 is 0 Å². The Bertz CT molecular complexity index is 726. The standard InChI is InChI=1S/C18H19F2N3O/c19-14-3-6-16(20)17(12-14)22-7-9-23(10-8-22)18(24)11-13-1-4-15(21)5-2-13/h1-6,12H,7-11,21H2. The van der Waals surface area contributed by atoms with Gasteiger partial charge in [-0.3, -0.25) is 4.79 Å². The monoisotopic (exact) mass is 331 g/mol. The van der Waals surface area contributed by atoms with Gasteiger partial charge in [0.25, 0.3) is 0 Å². The molecule has 1 amide bonds. The minimum absolute atomic E-state index is 0.0270. The summed E-state index contributed by atoms with van der Waals surface area (Å²) in [5.41, 5.74) is 7.46. The van der Waals surface area contributed by atoms with Crippen molar-refractivity contribution in [2.75, 3.05) is 36.8 Å².